The first kappa shape index (κ1) is 18.8. The van der Waals surface area contributed by atoms with E-state index in [1.807, 2.05) is 10.6 Å². The summed E-state index contributed by atoms with van der Waals surface area (Å²) in [6.45, 7) is 1.70. The lowest BCUT2D eigenvalue weighted by Crippen LogP contribution is -2.10. The number of benzene rings is 2. The molecule has 0 fully saturated rings. The van der Waals surface area contributed by atoms with E-state index in [1.54, 1.807) is 6.33 Å². The molecule has 4 aromatic rings. The van der Waals surface area contributed by atoms with Crippen molar-refractivity contribution in [2.24, 2.45) is 0 Å². The van der Waals surface area contributed by atoms with Crippen molar-refractivity contribution in [3.63, 3.8) is 0 Å². The molecule has 0 saturated heterocycles. The van der Waals surface area contributed by atoms with Gasteiger partial charge in [-0.25, -0.2) is 4.98 Å². The van der Waals surface area contributed by atoms with Gasteiger partial charge < -0.3 is 9.64 Å². The minimum Gasteiger partial charge on any atom is -0.493 e. The van der Waals surface area contributed by atoms with Gasteiger partial charge >= 0.3 is 0 Å². The molecule has 3 heterocycles. The fraction of sp³-hybridized carbons (Fsp3) is 0.292. The first-order valence-corrected chi connectivity index (χ1v) is 10.3. The minimum absolute atomic E-state index is 0.780. The predicted molar refractivity (Wildman–Crippen MR) is 117 cm³/mol. The third-order valence-electron chi connectivity index (χ3n) is 5.63. The zero-order valence-corrected chi connectivity index (χ0v) is 17.4. The maximum Gasteiger partial charge on any atom is 0.171 e. The van der Waals surface area contributed by atoms with Crippen LogP contribution in [-0.4, -0.2) is 45.2 Å². The lowest BCUT2D eigenvalue weighted by molar-refractivity contribution is 0.357. The van der Waals surface area contributed by atoms with Crippen molar-refractivity contribution in [2.45, 2.75) is 25.8 Å². The summed E-state index contributed by atoms with van der Waals surface area (Å²) in [6.07, 6.45) is 6.43. The van der Waals surface area contributed by atoms with E-state index in [9.17, 15) is 0 Å². The maximum atomic E-state index is 5.70. The Bertz CT molecular complexity index is 1180. The molecule has 0 bridgehead atoms. The van der Waals surface area contributed by atoms with E-state index in [-0.39, 0.29) is 0 Å². The van der Waals surface area contributed by atoms with E-state index in [0.717, 1.165) is 60.8 Å². The van der Waals surface area contributed by atoms with Crippen LogP contribution < -0.4 is 4.74 Å². The molecule has 6 nitrogen and oxygen atoms in total. The number of ether oxygens (including phenoxy) is 1. The van der Waals surface area contributed by atoms with Crippen molar-refractivity contribution < 1.29 is 4.74 Å². The van der Waals surface area contributed by atoms with Crippen LogP contribution in [0, 0.1) is 0 Å². The van der Waals surface area contributed by atoms with Gasteiger partial charge in [0.05, 0.1) is 6.61 Å². The topological polar surface area (TPSA) is 55.6 Å². The Kier molecular flexibility index (Phi) is 4.93. The van der Waals surface area contributed by atoms with Crippen LogP contribution in [0.5, 0.6) is 5.75 Å². The molecule has 30 heavy (non-hydrogen) atoms. The van der Waals surface area contributed by atoms with Gasteiger partial charge in [-0.15, -0.1) is 10.2 Å². The van der Waals surface area contributed by atoms with Crippen LogP contribution in [0.2, 0.25) is 0 Å². The molecule has 0 spiro atoms. The van der Waals surface area contributed by atoms with Crippen LogP contribution in [0.15, 0.2) is 55.0 Å². The highest BCUT2D eigenvalue weighted by atomic mass is 16.5. The highest BCUT2D eigenvalue weighted by Crippen LogP contribution is 2.29. The molecule has 152 valence electrons. The average Bonchev–Trinajstić information content (AvgIpc) is 3.42. The number of aryl methyl sites for hydroxylation is 2. The van der Waals surface area contributed by atoms with Crippen molar-refractivity contribution in [1.29, 1.82) is 0 Å². The molecule has 6 heteroatoms. The van der Waals surface area contributed by atoms with Gasteiger partial charge in [0.15, 0.2) is 5.65 Å². The highest BCUT2D eigenvalue weighted by Gasteiger charge is 2.17. The molecule has 1 aliphatic rings. The summed E-state index contributed by atoms with van der Waals surface area (Å²) in [5.74, 6) is 2.00. The van der Waals surface area contributed by atoms with Crippen molar-refractivity contribution >= 4 is 5.65 Å². The van der Waals surface area contributed by atoms with Crippen LogP contribution in [0.3, 0.4) is 0 Å². The first-order chi connectivity index (χ1) is 14.7. The Morgan fingerprint density at radius 3 is 2.77 bits per heavy atom. The zero-order chi connectivity index (χ0) is 20.5. The molecule has 0 saturated carbocycles. The fourth-order valence-electron chi connectivity index (χ4n) is 4.18. The second-order valence-corrected chi connectivity index (χ2v) is 8.04. The number of rotatable bonds is 6. The molecule has 1 aliphatic heterocycles. The predicted octanol–water partition coefficient (Wildman–Crippen LogP) is 3.57. The largest absolute Gasteiger partial charge is 0.493 e. The van der Waals surface area contributed by atoms with E-state index in [2.05, 4.69) is 71.7 Å². The van der Waals surface area contributed by atoms with Crippen LogP contribution >= 0.6 is 0 Å². The molecule has 0 aliphatic carbocycles. The minimum atomic E-state index is 0.780. The molecule has 0 N–H and O–H groups in total. The van der Waals surface area contributed by atoms with Crippen LogP contribution in [0.25, 0.3) is 16.8 Å². The fourth-order valence-corrected chi connectivity index (χ4v) is 4.18. The highest BCUT2D eigenvalue weighted by molar-refractivity contribution is 5.76. The number of nitrogens with zero attached hydrogens (tertiary/aromatic N) is 5. The van der Waals surface area contributed by atoms with Gasteiger partial charge in [-0.3, -0.25) is 4.40 Å². The molecule has 5 rings (SSSR count). The lowest BCUT2D eigenvalue weighted by atomic mass is 10.0. The van der Waals surface area contributed by atoms with Crippen molar-refractivity contribution in [3.05, 3.63) is 77.5 Å². The van der Waals surface area contributed by atoms with E-state index in [1.165, 1.54) is 16.7 Å². The molecular weight excluding hydrogens is 374 g/mol. The van der Waals surface area contributed by atoms with Gasteiger partial charge in [0.25, 0.3) is 0 Å². The Balaban J connectivity index is 1.41. The number of hydrogen-bond donors (Lipinski definition) is 0. The molecular formula is C24H25N5O. The molecule has 2 aromatic heterocycles. The molecule has 0 atom stereocenters. The SMILES string of the molecule is CN(C)Cc1ccc(-c2cnc(CCc3cccc4c3CCO4)n3cnnc23)cc1. The van der Waals surface area contributed by atoms with E-state index in [4.69, 9.17) is 9.72 Å². The average molecular weight is 399 g/mol. The standard InChI is InChI=1S/C24H25N5O/c1-28(2)15-17-6-8-19(9-7-17)21-14-25-23(29-16-26-27-24(21)29)11-10-18-4-3-5-22-20(18)12-13-30-22/h3-9,14,16H,10-13,15H2,1-2H3. The summed E-state index contributed by atoms with van der Waals surface area (Å²) < 4.78 is 7.72. The molecule has 2 aromatic carbocycles. The number of fused-ring (bicyclic) bond motifs is 2. The second-order valence-electron chi connectivity index (χ2n) is 8.04. The van der Waals surface area contributed by atoms with Gasteiger partial charge in [-0.05, 0) is 43.3 Å². The summed E-state index contributed by atoms with van der Waals surface area (Å²) in [5, 5.41) is 8.55. The normalized spacial score (nSPS) is 13.0. The third kappa shape index (κ3) is 3.55. The van der Waals surface area contributed by atoms with E-state index >= 15 is 0 Å². The van der Waals surface area contributed by atoms with Gasteiger partial charge in [-0.1, -0.05) is 36.4 Å². The van der Waals surface area contributed by atoms with E-state index in [0.29, 0.717) is 0 Å². The van der Waals surface area contributed by atoms with Crippen molar-refractivity contribution in [1.82, 2.24) is 24.5 Å². The maximum absolute atomic E-state index is 5.70. The molecule has 0 amide bonds. The molecule has 0 unspecified atom stereocenters. The summed E-state index contributed by atoms with van der Waals surface area (Å²) >= 11 is 0. The first-order valence-electron chi connectivity index (χ1n) is 10.3. The van der Waals surface area contributed by atoms with Crippen LogP contribution in [0.4, 0.5) is 0 Å². The van der Waals surface area contributed by atoms with Gasteiger partial charge in [-0.2, -0.15) is 0 Å². The quantitative estimate of drug-likeness (QED) is 0.496. The monoisotopic (exact) mass is 399 g/mol. The van der Waals surface area contributed by atoms with Gasteiger partial charge in [0.1, 0.15) is 17.9 Å². The number of aromatic nitrogens is 4. The van der Waals surface area contributed by atoms with Gasteiger partial charge in [0.2, 0.25) is 0 Å². The van der Waals surface area contributed by atoms with Crippen LogP contribution in [0.1, 0.15) is 22.5 Å². The van der Waals surface area contributed by atoms with Crippen molar-refractivity contribution in [2.75, 3.05) is 20.7 Å². The summed E-state index contributed by atoms with van der Waals surface area (Å²) in [6, 6.07) is 14.9. The second kappa shape index (κ2) is 7.88. The summed E-state index contributed by atoms with van der Waals surface area (Å²) in [4.78, 5) is 6.94. The summed E-state index contributed by atoms with van der Waals surface area (Å²) in [7, 11) is 4.15. The zero-order valence-electron chi connectivity index (χ0n) is 17.4. The number of hydrogen-bond acceptors (Lipinski definition) is 5. The van der Waals surface area contributed by atoms with E-state index < -0.39 is 0 Å². The third-order valence-corrected chi connectivity index (χ3v) is 5.63. The molecule has 0 radical (unpaired) electrons. The smallest absolute Gasteiger partial charge is 0.171 e. The van der Waals surface area contributed by atoms with Gasteiger partial charge in [0, 0.05) is 36.7 Å². The van der Waals surface area contributed by atoms with Crippen molar-refractivity contribution in [3.8, 4) is 16.9 Å². The Hall–Kier alpha value is -3.25. The Morgan fingerprint density at radius 2 is 1.93 bits per heavy atom. The Morgan fingerprint density at radius 1 is 1.07 bits per heavy atom. The Labute approximate surface area is 176 Å². The van der Waals surface area contributed by atoms with Crippen LogP contribution in [-0.2, 0) is 25.8 Å². The lowest BCUT2D eigenvalue weighted by Gasteiger charge is -2.11. The summed E-state index contributed by atoms with van der Waals surface area (Å²) in [5.41, 5.74) is 6.92.